The molecular formula is C9H14N6. The minimum Gasteiger partial charge on any atom is -0.373 e. The third-order valence-electron chi connectivity index (χ3n) is 2.27. The fourth-order valence-corrected chi connectivity index (χ4v) is 1.36. The van der Waals surface area contributed by atoms with E-state index in [4.69, 9.17) is 0 Å². The van der Waals surface area contributed by atoms with Crippen LogP contribution in [-0.4, -0.2) is 23.4 Å². The number of nitrogens with one attached hydrogen (secondary N) is 3. The Bertz CT molecular complexity index is 375. The summed E-state index contributed by atoms with van der Waals surface area (Å²) in [4.78, 5) is 4.23. The molecule has 0 spiro atoms. The molecule has 0 atom stereocenters. The molecule has 1 aromatic rings. The van der Waals surface area contributed by atoms with Gasteiger partial charge < -0.3 is 5.32 Å². The highest BCUT2D eigenvalue weighted by atomic mass is 15.8. The van der Waals surface area contributed by atoms with Gasteiger partial charge in [-0.15, -0.1) is 5.53 Å². The van der Waals surface area contributed by atoms with E-state index in [0.29, 0.717) is 0 Å². The number of nitrogens with zero attached hydrogens (tertiary/aromatic N) is 3. The van der Waals surface area contributed by atoms with Crippen LogP contribution >= 0.6 is 0 Å². The van der Waals surface area contributed by atoms with Crippen molar-refractivity contribution >= 4 is 12.2 Å². The number of anilines is 1. The largest absolute Gasteiger partial charge is 0.373 e. The molecule has 1 aliphatic rings. The summed E-state index contributed by atoms with van der Waals surface area (Å²) >= 11 is 0. The van der Waals surface area contributed by atoms with Crippen molar-refractivity contribution in [2.24, 2.45) is 5.10 Å². The molecule has 3 N–H and O–H groups in total. The summed E-state index contributed by atoms with van der Waals surface area (Å²) in [6.45, 7) is 2.79. The van der Waals surface area contributed by atoms with Crippen molar-refractivity contribution in [2.45, 2.75) is 13.5 Å². The Morgan fingerprint density at radius 1 is 1.53 bits per heavy atom. The Hall–Kier alpha value is -1.82. The van der Waals surface area contributed by atoms with E-state index in [1.165, 1.54) is 5.56 Å². The van der Waals surface area contributed by atoms with Gasteiger partial charge in [-0.25, -0.2) is 10.5 Å². The zero-order valence-electron chi connectivity index (χ0n) is 8.78. The van der Waals surface area contributed by atoms with Gasteiger partial charge in [0.15, 0.2) is 0 Å². The lowest BCUT2D eigenvalue weighted by atomic mass is 10.1. The predicted molar refractivity (Wildman–Crippen MR) is 58.8 cm³/mol. The Morgan fingerprint density at radius 3 is 3.07 bits per heavy atom. The minimum atomic E-state index is 0.750. The topological polar surface area (TPSA) is 64.6 Å². The molecule has 1 aliphatic heterocycles. The SMILES string of the molecule is CNc1cc(CN2C=NNN2)c(C)cn1. The van der Waals surface area contributed by atoms with Crippen molar-refractivity contribution in [3.05, 3.63) is 23.4 Å². The number of hydrazine groups is 2. The van der Waals surface area contributed by atoms with Gasteiger partial charge in [-0.1, -0.05) is 0 Å². The molecule has 0 saturated carbocycles. The van der Waals surface area contributed by atoms with E-state index < -0.39 is 0 Å². The van der Waals surface area contributed by atoms with Gasteiger partial charge in [0.05, 0.1) is 6.54 Å². The molecule has 6 heteroatoms. The molecule has 6 nitrogen and oxygen atoms in total. The molecular weight excluding hydrogens is 192 g/mol. The predicted octanol–water partition coefficient (Wildman–Crippen LogP) is 0.200. The van der Waals surface area contributed by atoms with Crippen LogP contribution in [0.25, 0.3) is 0 Å². The Morgan fingerprint density at radius 2 is 2.40 bits per heavy atom. The summed E-state index contributed by atoms with van der Waals surface area (Å²) in [5.41, 5.74) is 7.91. The third kappa shape index (κ3) is 2.16. The van der Waals surface area contributed by atoms with E-state index in [1.807, 2.05) is 31.2 Å². The van der Waals surface area contributed by atoms with Crippen molar-refractivity contribution in [2.75, 3.05) is 12.4 Å². The Kier molecular flexibility index (Phi) is 2.68. The fourth-order valence-electron chi connectivity index (χ4n) is 1.36. The van der Waals surface area contributed by atoms with Gasteiger partial charge in [-0.2, -0.15) is 5.10 Å². The van der Waals surface area contributed by atoms with Crippen LogP contribution in [-0.2, 0) is 6.54 Å². The fraction of sp³-hybridized carbons (Fsp3) is 0.333. The van der Waals surface area contributed by atoms with Gasteiger partial charge in [-0.3, -0.25) is 5.01 Å². The van der Waals surface area contributed by atoms with Crippen molar-refractivity contribution in [3.63, 3.8) is 0 Å². The molecule has 2 rings (SSSR count). The Labute approximate surface area is 88.3 Å². The number of rotatable bonds is 3. The highest BCUT2D eigenvalue weighted by molar-refractivity contribution is 5.55. The van der Waals surface area contributed by atoms with Gasteiger partial charge >= 0.3 is 0 Å². The molecule has 80 valence electrons. The summed E-state index contributed by atoms with van der Waals surface area (Å²) in [5.74, 6) is 0.875. The van der Waals surface area contributed by atoms with Crippen LogP contribution in [0.2, 0.25) is 0 Å². The standard InChI is InChI=1S/C9H14N6/c1-7-4-11-9(10-2)3-8(7)5-15-6-12-13-14-15/h3-4,6,13-14H,5H2,1-2H3,(H,10,11). The molecule has 0 amide bonds. The number of hydrogen-bond acceptors (Lipinski definition) is 6. The average Bonchev–Trinajstić information content (AvgIpc) is 2.74. The van der Waals surface area contributed by atoms with Crippen LogP contribution in [0.3, 0.4) is 0 Å². The molecule has 0 aromatic carbocycles. The van der Waals surface area contributed by atoms with Crippen molar-refractivity contribution in [1.82, 2.24) is 21.1 Å². The van der Waals surface area contributed by atoms with E-state index in [1.54, 1.807) is 6.34 Å². The second-order valence-corrected chi connectivity index (χ2v) is 3.34. The molecule has 1 aromatic heterocycles. The molecule has 0 saturated heterocycles. The maximum atomic E-state index is 4.23. The van der Waals surface area contributed by atoms with Crippen LogP contribution < -0.4 is 16.4 Å². The van der Waals surface area contributed by atoms with E-state index in [0.717, 1.165) is 17.9 Å². The number of pyridine rings is 1. The normalized spacial score (nSPS) is 14.1. The number of aryl methyl sites for hydroxylation is 1. The van der Waals surface area contributed by atoms with Crippen LogP contribution in [0.5, 0.6) is 0 Å². The first-order chi connectivity index (χ1) is 7.29. The lowest BCUT2D eigenvalue weighted by molar-refractivity contribution is 0.293. The quantitative estimate of drug-likeness (QED) is 0.659. The molecule has 0 bridgehead atoms. The molecule has 0 fully saturated rings. The maximum absolute atomic E-state index is 4.23. The summed E-state index contributed by atoms with van der Waals surface area (Å²) < 4.78 is 0. The van der Waals surface area contributed by atoms with Crippen molar-refractivity contribution < 1.29 is 0 Å². The summed E-state index contributed by atoms with van der Waals surface area (Å²) in [5, 5.41) is 8.72. The first-order valence-corrected chi connectivity index (χ1v) is 4.73. The van der Waals surface area contributed by atoms with Crippen LogP contribution in [0, 0.1) is 6.92 Å². The van der Waals surface area contributed by atoms with Crippen LogP contribution in [0.15, 0.2) is 17.4 Å². The lowest BCUT2D eigenvalue weighted by Gasteiger charge is -2.15. The zero-order valence-corrected chi connectivity index (χ0v) is 8.78. The van der Waals surface area contributed by atoms with E-state index >= 15 is 0 Å². The lowest BCUT2D eigenvalue weighted by Crippen LogP contribution is -2.36. The molecule has 0 unspecified atom stereocenters. The number of aromatic nitrogens is 1. The second kappa shape index (κ2) is 4.14. The first-order valence-electron chi connectivity index (χ1n) is 4.73. The molecule has 2 heterocycles. The van der Waals surface area contributed by atoms with E-state index in [9.17, 15) is 0 Å². The summed E-state index contributed by atoms with van der Waals surface area (Å²) in [7, 11) is 1.86. The van der Waals surface area contributed by atoms with E-state index in [-0.39, 0.29) is 0 Å². The Balaban J connectivity index is 2.15. The summed E-state index contributed by atoms with van der Waals surface area (Å²) in [6, 6.07) is 2.03. The van der Waals surface area contributed by atoms with Gasteiger partial charge in [-0.05, 0) is 24.1 Å². The monoisotopic (exact) mass is 206 g/mol. The zero-order chi connectivity index (χ0) is 10.7. The first kappa shape index (κ1) is 9.72. The van der Waals surface area contributed by atoms with Gasteiger partial charge in [0, 0.05) is 13.2 Å². The second-order valence-electron chi connectivity index (χ2n) is 3.34. The van der Waals surface area contributed by atoms with E-state index in [2.05, 4.69) is 26.5 Å². The average molecular weight is 206 g/mol. The molecule has 15 heavy (non-hydrogen) atoms. The molecule has 0 aliphatic carbocycles. The number of hydrazone groups is 1. The smallest absolute Gasteiger partial charge is 0.128 e. The van der Waals surface area contributed by atoms with Crippen molar-refractivity contribution in [3.8, 4) is 0 Å². The van der Waals surface area contributed by atoms with Crippen LogP contribution in [0.4, 0.5) is 5.82 Å². The highest BCUT2D eigenvalue weighted by Crippen LogP contribution is 2.13. The van der Waals surface area contributed by atoms with Gasteiger partial charge in [0.1, 0.15) is 12.2 Å². The van der Waals surface area contributed by atoms with Crippen LogP contribution in [0.1, 0.15) is 11.1 Å². The minimum absolute atomic E-state index is 0.750. The maximum Gasteiger partial charge on any atom is 0.128 e. The summed E-state index contributed by atoms with van der Waals surface area (Å²) in [6.07, 6.45) is 3.57. The third-order valence-corrected chi connectivity index (χ3v) is 2.27. The van der Waals surface area contributed by atoms with Crippen molar-refractivity contribution in [1.29, 1.82) is 0 Å². The highest BCUT2D eigenvalue weighted by Gasteiger charge is 2.08. The van der Waals surface area contributed by atoms with Gasteiger partial charge in [0.25, 0.3) is 0 Å². The number of hydrogen-bond donors (Lipinski definition) is 3. The molecule has 0 radical (unpaired) electrons. The van der Waals surface area contributed by atoms with Gasteiger partial charge in [0.2, 0.25) is 0 Å².